The van der Waals surface area contributed by atoms with Crippen molar-refractivity contribution in [3.05, 3.63) is 35.9 Å². The first-order valence-corrected chi connectivity index (χ1v) is 6.52. The Kier molecular flexibility index (Phi) is 5.02. The molecule has 4 nitrogen and oxygen atoms in total. The van der Waals surface area contributed by atoms with E-state index >= 15 is 0 Å². The van der Waals surface area contributed by atoms with Crippen molar-refractivity contribution in [3.63, 3.8) is 0 Å². The molecule has 0 spiro atoms. The average molecular weight is 248 g/mol. The second-order valence-corrected chi connectivity index (χ2v) is 4.48. The van der Waals surface area contributed by atoms with Crippen LogP contribution in [0, 0.1) is 0 Å². The Morgan fingerprint density at radius 1 is 1.17 bits per heavy atom. The molecule has 1 aromatic carbocycles. The molecule has 0 unspecified atom stereocenters. The van der Waals surface area contributed by atoms with E-state index in [9.17, 15) is 4.79 Å². The third-order valence-electron chi connectivity index (χ3n) is 3.03. The minimum absolute atomic E-state index is 0.194. The number of nitrogens with one attached hydrogen (secondary N) is 1. The van der Waals surface area contributed by atoms with Gasteiger partial charge in [-0.15, -0.1) is 0 Å². The molecular weight excluding hydrogens is 228 g/mol. The second-order valence-electron chi connectivity index (χ2n) is 4.48. The van der Waals surface area contributed by atoms with Crippen molar-refractivity contribution >= 4 is 6.09 Å². The topological polar surface area (TPSA) is 41.6 Å². The molecule has 0 aliphatic carbocycles. The summed E-state index contributed by atoms with van der Waals surface area (Å²) in [6.07, 6.45) is 1.78. The van der Waals surface area contributed by atoms with Crippen molar-refractivity contribution < 1.29 is 9.53 Å². The number of hydrogen-bond donors (Lipinski definition) is 1. The van der Waals surface area contributed by atoms with Gasteiger partial charge in [0.15, 0.2) is 0 Å². The first-order chi connectivity index (χ1) is 8.86. The van der Waals surface area contributed by atoms with Gasteiger partial charge in [0.05, 0.1) is 0 Å². The fraction of sp³-hybridized carbons (Fsp3) is 0.500. The smallest absolute Gasteiger partial charge is 0.410 e. The van der Waals surface area contributed by atoms with Gasteiger partial charge in [-0.1, -0.05) is 30.3 Å². The van der Waals surface area contributed by atoms with E-state index in [0.717, 1.165) is 44.6 Å². The van der Waals surface area contributed by atoms with Gasteiger partial charge < -0.3 is 15.0 Å². The summed E-state index contributed by atoms with van der Waals surface area (Å²) in [5.41, 5.74) is 1.03. The minimum atomic E-state index is -0.194. The number of carbonyl (C=O) groups excluding carboxylic acids is 1. The third kappa shape index (κ3) is 4.04. The number of amides is 1. The summed E-state index contributed by atoms with van der Waals surface area (Å²) in [4.78, 5) is 13.7. The number of nitrogens with zero attached hydrogens (tertiary/aromatic N) is 1. The van der Waals surface area contributed by atoms with Gasteiger partial charge in [-0.3, -0.25) is 0 Å². The Labute approximate surface area is 108 Å². The zero-order valence-electron chi connectivity index (χ0n) is 10.6. The lowest BCUT2D eigenvalue weighted by molar-refractivity contribution is 0.0939. The molecule has 1 fully saturated rings. The summed E-state index contributed by atoms with van der Waals surface area (Å²) in [5.74, 6) is 0. The van der Waals surface area contributed by atoms with Gasteiger partial charge in [0, 0.05) is 13.1 Å². The van der Waals surface area contributed by atoms with Gasteiger partial charge in [0.25, 0.3) is 0 Å². The van der Waals surface area contributed by atoms with Gasteiger partial charge in [-0.05, 0) is 31.5 Å². The Morgan fingerprint density at radius 2 is 1.83 bits per heavy atom. The first kappa shape index (κ1) is 12.9. The maximum atomic E-state index is 11.9. The average Bonchev–Trinajstić information content (AvgIpc) is 2.37. The van der Waals surface area contributed by atoms with Crippen molar-refractivity contribution in [2.24, 2.45) is 0 Å². The molecule has 0 atom stereocenters. The van der Waals surface area contributed by atoms with Crippen LogP contribution in [0.3, 0.4) is 0 Å². The van der Waals surface area contributed by atoms with Crippen molar-refractivity contribution in [2.45, 2.75) is 19.4 Å². The largest absolute Gasteiger partial charge is 0.445 e. The highest BCUT2D eigenvalue weighted by Gasteiger charge is 2.15. The van der Waals surface area contributed by atoms with Crippen molar-refractivity contribution in [1.82, 2.24) is 10.2 Å². The molecule has 18 heavy (non-hydrogen) atoms. The minimum Gasteiger partial charge on any atom is -0.445 e. The summed E-state index contributed by atoms with van der Waals surface area (Å²) in [7, 11) is 0. The normalized spacial score (nSPS) is 16.8. The van der Waals surface area contributed by atoms with Crippen LogP contribution in [-0.2, 0) is 11.3 Å². The molecule has 4 heteroatoms. The highest BCUT2D eigenvalue weighted by molar-refractivity contribution is 5.67. The number of ether oxygens (including phenoxy) is 1. The highest BCUT2D eigenvalue weighted by atomic mass is 16.6. The van der Waals surface area contributed by atoms with Crippen LogP contribution in [0.25, 0.3) is 0 Å². The number of carbonyl (C=O) groups is 1. The van der Waals surface area contributed by atoms with E-state index in [2.05, 4.69) is 5.32 Å². The summed E-state index contributed by atoms with van der Waals surface area (Å²) in [6.45, 7) is 3.86. The predicted octanol–water partition coefficient (Wildman–Crippen LogP) is 2.01. The SMILES string of the molecule is O=C(OCc1ccccc1)N1CCCNCCC1. The summed E-state index contributed by atoms with van der Waals surface area (Å²) < 4.78 is 5.33. The van der Waals surface area contributed by atoms with Crippen LogP contribution in [0.4, 0.5) is 4.79 Å². The molecule has 1 heterocycles. The summed E-state index contributed by atoms with van der Waals surface area (Å²) in [5, 5.41) is 3.33. The fourth-order valence-corrected chi connectivity index (χ4v) is 2.02. The molecular formula is C14H20N2O2. The fourth-order valence-electron chi connectivity index (χ4n) is 2.02. The van der Waals surface area contributed by atoms with Gasteiger partial charge in [0.2, 0.25) is 0 Å². The van der Waals surface area contributed by atoms with Crippen LogP contribution < -0.4 is 5.32 Å². The third-order valence-corrected chi connectivity index (χ3v) is 3.03. The van der Waals surface area contributed by atoms with E-state index in [1.807, 2.05) is 35.2 Å². The molecule has 2 rings (SSSR count). The number of hydrogen-bond acceptors (Lipinski definition) is 3. The van der Waals surface area contributed by atoms with E-state index in [0.29, 0.717) is 6.61 Å². The van der Waals surface area contributed by atoms with E-state index in [1.165, 1.54) is 0 Å². The van der Waals surface area contributed by atoms with E-state index in [4.69, 9.17) is 4.74 Å². The monoisotopic (exact) mass is 248 g/mol. The quantitative estimate of drug-likeness (QED) is 0.870. The van der Waals surface area contributed by atoms with Crippen LogP contribution in [0.15, 0.2) is 30.3 Å². The van der Waals surface area contributed by atoms with Crippen LogP contribution in [-0.4, -0.2) is 37.2 Å². The van der Waals surface area contributed by atoms with Crippen molar-refractivity contribution in [3.8, 4) is 0 Å². The predicted molar refractivity (Wildman–Crippen MR) is 70.3 cm³/mol. The Morgan fingerprint density at radius 3 is 2.50 bits per heavy atom. The highest BCUT2D eigenvalue weighted by Crippen LogP contribution is 2.05. The zero-order valence-corrected chi connectivity index (χ0v) is 10.6. The first-order valence-electron chi connectivity index (χ1n) is 6.52. The molecule has 1 aliphatic rings. The second kappa shape index (κ2) is 7.01. The lowest BCUT2D eigenvalue weighted by atomic mass is 10.2. The summed E-state index contributed by atoms with van der Waals surface area (Å²) in [6, 6.07) is 9.78. The van der Waals surface area contributed by atoms with Gasteiger partial charge in [-0.25, -0.2) is 4.79 Å². The molecule has 98 valence electrons. The molecule has 1 aliphatic heterocycles. The van der Waals surface area contributed by atoms with Crippen LogP contribution in [0.1, 0.15) is 18.4 Å². The van der Waals surface area contributed by atoms with E-state index in [-0.39, 0.29) is 6.09 Å². The zero-order chi connectivity index (χ0) is 12.6. The van der Waals surface area contributed by atoms with Crippen molar-refractivity contribution in [1.29, 1.82) is 0 Å². The van der Waals surface area contributed by atoms with Crippen LogP contribution >= 0.6 is 0 Å². The van der Waals surface area contributed by atoms with Crippen LogP contribution in [0.5, 0.6) is 0 Å². The molecule has 1 saturated heterocycles. The van der Waals surface area contributed by atoms with Gasteiger partial charge in [-0.2, -0.15) is 0 Å². The maximum absolute atomic E-state index is 11.9. The molecule has 0 saturated carbocycles. The van der Waals surface area contributed by atoms with Gasteiger partial charge >= 0.3 is 6.09 Å². The molecule has 1 amide bonds. The number of benzene rings is 1. The Hall–Kier alpha value is -1.55. The molecule has 1 N–H and O–H groups in total. The Bertz CT molecular complexity index is 359. The maximum Gasteiger partial charge on any atom is 0.410 e. The van der Waals surface area contributed by atoms with Gasteiger partial charge in [0.1, 0.15) is 6.61 Å². The Balaban J connectivity index is 1.79. The summed E-state index contributed by atoms with van der Waals surface area (Å²) >= 11 is 0. The van der Waals surface area contributed by atoms with E-state index in [1.54, 1.807) is 0 Å². The molecule has 0 aromatic heterocycles. The molecule has 1 aromatic rings. The van der Waals surface area contributed by atoms with Crippen molar-refractivity contribution in [2.75, 3.05) is 26.2 Å². The standard InChI is InChI=1S/C14H20N2O2/c17-14(16-10-4-8-15-9-5-11-16)18-12-13-6-2-1-3-7-13/h1-3,6-7,15H,4-5,8-12H2. The number of rotatable bonds is 2. The lowest BCUT2D eigenvalue weighted by Crippen LogP contribution is -2.38. The van der Waals surface area contributed by atoms with Crippen LogP contribution in [0.2, 0.25) is 0 Å². The molecule has 0 bridgehead atoms. The molecule has 0 radical (unpaired) electrons. The van der Waals surface area contributed by atoms with E-state index < -0.39 is 0 Å². The lowest BCUT2D eigenvalue weighted by Gasteiger charge is -2.24.